The zero-order valence-corrected chi connectivity index (χ0v) is 19.2. The van der Waals surface area contributed by atoms with E-state index in [2.05, 4.69) is 23.1 Å². The third-order valence-electron chi connectivity index (χ3n) is 6.10. The number of carbonyl (C=O) groups is 1. The van der Waals surface area contributed by atoms with Crippen LogP contribution < -0.4 is 20.9 Å². The summed E-state index contributed by atoms with van der Waals surface area (Å²) in [5, 5.41) is 2.96. The molecule has 4 rings (SSSR count). The molecule has 9 heteroatoms. The van der Waals surface area contributed by atoms with Crippen LogP contribution >= 0.6 is 0 Å². The monoisotopic (exact) mass is 458 g/mol. The molecule has 2 unspecified atom stereocenters. The summed E-state index contributed by atoms with van der Waals surface area (Å²) >= 11 is 0. The lowest BCUT2D eigenvalue weighted by Gasteiger charge is -2.19. The molecule has 2 aliphatic heterocycles. The van der Waals surface area contributed by atoms with Gasteiger partial charge in [0.1, 0.15) is 16.7 Å². The predicted molar refractivity (Wildman–Crippen MR) is 123 cm³/mol. The lowest BCUT2D eigenvalue weighted by atomic mass is 10.0. The second kappa shape index (κ2) is 9.58. The molecule has 0 saturated carbocycles. The largest absolute Gasteiger partial charge is 0.495 e. The summed E-state index contributed by atoms with van der Waals surface area (Å²) in [5.74, 6) is 0.198. The number of hydrogen-bond donors (Lipinski definition) is 3. The molecule has 0 spiro atoms. The third kappa shape index (κ3) is 4.66. The van der Waals surface area contributed by atoms with E-state index >= 15 is 0 Å². The highest BCUT2D eigenvalue weighted by Crippen LogP contribution is 2.33. The van der Waals surface area contributed by atoms with E-state index in [1.807, 2.05) is 30.3 Å². The first-order chi connectivity index (χ1) is 15.4. The first-order valence-electron chi connectivity index (χ1n) is 11.0. The fraction of sp³-hybridized carbons (Fsp3) is 0.435. The van der Waals surface area contributed by atoms with Crippen molar-refractivity contribution in [3.05, 3.63) is 53.6 Å². The van der Waals surface area contributed by atoms with Gasteiger partial charge >= 0.3 is 0 Å². The molecule has 0 bridgehead atoms. The normalized spacial score (nSPS) is 21.6. The lowest BCUT2D eigenvalue weighted by molar-refractivity contribution is -0.117. The summed E-state index contributed by atoms with van der Waals surface area (Å²) in [6, 6.07) is 12.3. The van der Waals surface area contributed by atoms with Crippen molar-refractivity contribution >= 4 is 21.6 Å². The minimum absolute atomic E-state index is 0.133. The van der Waals surface area contributed by atoms with Crippen molar-refractivity contribution in [1.29, 1.82) is 0 Å². The SMILES string of the molecule is CCc1cccc(NC(=O)C2CC(c3ccc(OC)c(S(=O)(=O)N4CCCC4)c3)NN2)c1. The van der Waals surface area contributed by atoms with Crippen molar-refractivity contribution in [2.45, 2.75) is 49.6 Å². The van der Waals surface area contributed by atoms with Crippen molar-refractivity contribution in [1.82, 2.24) is 15.2 Å². The zero-order chi connectivity index (χ0) is 22.7. The van der Waals surface area contributed by atoms with Gasteiger partial charge in [0.05, 0.1) is 7.11 Å². The van der Waals surface area contributed by atoms with Crippen LogP contribution in [0.2, 0.25) is 0 Å². The molecule has 2 heterocycles. The highest BCUT2D eigenvalue weighted by molar-refractivity contribution is 7.89. The van der Waals surface area contributed by atoms with E-state index in [9.17, 15) is 13.2 Å². The van der Waals surface area contributed by atoms with E-state index in [1.165, 1.54) is 11.4 Å². The minimum Gasteiger partial charge on any atom is -0.495 e. The molecule has 2 aromatic rings. The first kappa shape index (κ1) is 22.7. The van der Waals surface area contributed by atoms with Crippen molar-refractivity contribution < 1.29 is 17.9 Å². The Labute approximate surface area is 189 Å². The van der Waals surface area contributed by atoms with E-state index in [0.29, 0.717) is 25.3 Å². The summed E-state index contributed by atoms with van der Waals surface area (Å²) in [5.41, 5.74) is 8.89. The number of rotatable bonds is 7. The second-order valence-corrected chi connectivity index (χ2v) is 10.1. The van der Waals surface area contributed by atoms with Crippen molar-refractivity contribution in [3.63, 3.8) is 0 Å². The first-order valence-corrected chi connectivity index (χ1v) is 12.5. The number of carbonyl (C=O) groups excluding carboxylic acids is 1. The van der Waals surface area contributed by atoms with Gasteiger partial charge in [-0.2, -0.15) is 4.31 Å². The highest BCUT2D eigenvalue weighted by atomic mass is 32.2. The van der Waals surface area contributed by atoms with Crippen LogP contribution in [-0.4, -0.2) is 44.9 Å². The molecular weight excluding hydrogens is 428 g/mol. The Kier molecular flexibility index (Phi) is 6.80. The molecule has 0 aliphatic carbocycles. The summed E-state index contributed by atoms with van der Waals surface area (Å²) in [7, 11) is -2.16. The zero-order valence-electron chi connectivity index (χ0n) is 18.4. The van der Waals surface area contributed by atoms with Crippen molar-refractivity contribution in [2.24, 2.45) is 0 Å². The summed E-state index contributed by atoms with van der Waals surface area (Å²) < 4.78 is 33.2. The quantitative estimate of drug-likeness (QED) is 0.590. The van der Waals surface area contributed by atoms with Crippen LogP contribution in [0.15, 0.2) is 47.4 Å². The number of anilines is 1. The van der Waals surface area contributed by atoms with E-state index < -0.39 is 16.1 Å². The Balaban J connectivity index is 1.49. The molecule has 172 valence electrons. The van der Waals surface area contributed by atoms with Gasteiger partial charge in [-0.3, -0.25) is 4.79 Å². The van der Waals surface area contributed by atoms with Gasteiger partial charge in [-0.1, -0.05) is 25.1 Å². The Morgan fingerprint density at radius 2 is 1.94 bits per heavy atom. The topological polar surface area (TPSA) is 99.8 Å². The average Bonchev–Trinajstić information content (AvgIpc) is 3.51. The van der Waals surface area contributed by atoms with E-state index in [4.69, 9.17) is 4.74 Å². The van der Waals surface area contributed by atoms with Crippen LogP contribution in [0.5, 0.6) is 5.75 Å². The molecule has 1 amide bonds. The van der Waals surface area contributed by atoms with Crippen molar-refractivity contribution in [3.8, 4) is 5.75 Å². The average molecular weight is 459 g/mol. The number of benzene rings is 2. The van der Waals surface area contributed by atoms with Gasteiger partial charge in [0.2, 0.25) is 15.9 Å². The fourth-order valence-corrected chi connectivity index (χ4v) is 5.93. The summed E-state index contributed by atoms with van der Waals surface area (Å²) in [4.78, 5) is 12.9. The molecule has 8 nitrogen and oxygen atoms in total. The Morgan fingerprint density at radius 1 is 1.16 bits per heavy atom. The van der Waals surface area contributed by atoms with Gasteiger partial charge in [-0.05, 0) is 61.1 Å². The third-order valence-corrected chi connectivity index (χ3v) is 8.02. The van der Waals surface area contributed by atoms with Gasteiger partial charge < -0.3 is 10.1 Å². The smallest absolute Gasteiger partial charge is 0.246 e. The molecule has 32 heavy (non-hydrogen) atoms. The Hall–Kier alpha value is -2.46. The van der Waals surface area contributed by atoms with Gasteiger partial charge in [-0.15, -0.1) is 0 Å². The summed E-state index contributed by atoms with van der Waals surface area (Å²) in [6.07, 6.45) is 3.13. The number of aryl methyl sites for hydroxylation is 1. The predicted octanol–water partition coefficient (Wildman–Crippen LogP) is 2.59. The van der Waals surface area contributed by atoms with Gasteiger partial charge in [0.15, 0.2) is 0 Å². The molecule has 3 N–H and O–H groups in total. The van der Waals surface area contributed by atoms with Gasteiger partial charge in [-0.25, -0.2) is 19.3 Å². The van der Waals surface area contributed by atoms with Crippen LogP contribution in [0.1, 0.15) is 43.4 Å². The van der Waals surface area contributed by atoms with Crippen molar-refractivity contribution in [2.75, 3.05) is 25.5 Å². The van der Waals surface area contributed by atoms with Crippen LogP contribution in [0, 0.1) is 0 Å². The number of hydrogen-bond acceptors (Lipinski definition) is 6. The molecule has 2 fully saturated rings. The van der Waals surface area contributed by atoms with Crippen LogP contribution in [0.3, 0.4) is 0 Å². The molecular formula is C23H30N4O4S. The number of nitrogens with zero attached hydrogens (tertiary/aromatic N) is 1. The molecule has 2 aliphatic rings. The van der Waals surface area contributed by atoms with Crippen LogP contribution in [-0.2, 0) is 21.2 Å². The number of methoxy groups -OCH3 is 1. The minimum atomic E-state index is -3.63. The summed E-state index contributed by atoms with van der Waals surface area (Å²) in [6.45, 7) is 3.13. The number of sulfonamides is 1. The van der Waals surface area contributed by atoms with Crippen LogP contribution in [0.25, 0.3) is 0 Å². The maximum atomic E-state index is 13.2. The molecule has 2 aromatic carbocycles. The maximum absolute atomic E-state index is 13.2. The Morgan fingerprint density at radius 3 is 2.66 bits per heavy atom. The Bertz CT molecular complexity index is 1080. The fourth-order valence-electron chi connectivity index (χ4n) is 4.22. The lowest BCUT2D eigenvalue weighted by Crippen LogP contribution is -2.39. The number of ether oxygens (including phenoxy) is 1. The number of nitrogens with one attached hydrogen (secondary N) is 3. The van der Waals surface area contributed by atoms with E-state index in [0.717, 1.165) is 36.1 Å². The second-order valence-electron chi connectivity index (χ2n) is 8.19. The standard InChI is InChI=1S/C23H30N4O4S/c1-3-16-7-6-8-18(13-16)24-23(28)20-15-19(25-26-20)17-9-10-21(31-2)22(14-17)32(29,30)27-11-4-5-12-27/h6-10,13-14,19-20,25-26H,3-5,11-12,15H2,1-2H3,(H,24,28). The van der Waals surface area contributed by atoms with Crippen LogP contribution in [0.4, 0.5) is 5.69 Å². The van der Waals surface area contributed by atoms with E-state index in [1.54, 1.807) is 12.1 Å². The molecule has 2 saturated heterocycles. The molecule has 2 atom stereocenters. The number of hydrazine groups is 1. The highest BCUT2D eigenvalue weighted by Gasteiger charge is 2.34. The number of amides is 1. The van der Waals surface area contributed by atoms with Gasteiger partial charge in [0, 0.05) is 24.8 Å². The maximum Gasteiger partial charge on any atom is 0.246 e. The molecule has 0 radical (unpaired) electrons. The van der Waals surface area contributed by atoms with E-state index in [-0.39, 0.29) is 16.8 Å². The molecule has 0 aromatic heterocycles. The van der Waals surface area contributed by atoms with Gasteiger partial charge in [0.25, 0.3) is 0 Å².